The van der Waals surface area contributed by atoms with E-state index in [-0.39, 0.29) is 0 Å². The maximum Gasteiger partial charge on any atom is 0.146 e. The van der Waals surface area contributed by atoms with Gasteiger partial charge < -0.3 is 9.88 Å². The van der Waals surface area contributed by atoms with Gasteiger partial charge >= 0.3 is 0 Å². The first-order valence-electron chi connectivity index (χ1n) is 6.22. The van der Waals surface area contributed by atoms with E-state index in [0.717, 1.165) is 36.6 Å². The molecule has 1 fully saturated rings. The lowest BCUT2D eigenvalue weighted by Crippen LogP contribution is -2.22. The Bertz CT molecular complexity index is 345. The third kappa shape index (κ3) is 2.61. The van der Waals surface area contributed by atoms with Crippen LogP contribution >= 0.6 is 0 Å². The molecule has 4 heteroatoms. The summed E-state index contributed by atoms with van der Waals surface area (Å²) in [5.41, 5.74) is 0. The highest BCUT2D eigenvalue weighted by molar-refractivity contribution is 4.92. The second kappa shape index (κ2) is 4.95. The van der Waals surface area contributed by atoms with E-state index in [1.54, 1.807) is 0 Å². The van der Waals surface area contributed by atoms with Crippen LogP contribution in [0.4, 0.5) is 0 Å². The Morgan fingerprint density at radius 2 is 2.19 bits per heavy atom. The lowest BCUT2D eigenvalue weighted by molar-refractivity contribution is 0.464. The fourth-order valence-corrected chi connectivity index (χ4v) is 2.50. The summed E-state index contributed by atoms with van der Waals surface area (Å²) in [5, 5.41) is 11.7. The number of nitrogens with one attached hydrogen (secondary N) is 1. The monoisotopic (exact) mass is 222 g/mol. The van der Waals surface area contributed by atoms with Crippen molar-refractivity contribution in [2.45, 2.75) is 39.7 Å². The summed E-state index contributed by atoms with van der Waals surface area (Å²) in [6.45, 7) is 6.29. The highest BCUT2D eigenvalue weighted by atomic mass is 15.3. The van der Waals surface area contributed by atoms with Gasteiger partial charge in [-0.1, -0.05) is 13.3 Å². The van der Waals surface area contributed by atoms with Gasteiger partial charge in [0, 0.05) is 7.05 Å². The van der Waals surface area contributed by atoms with E-state index in [1.807, 2.05) is 18.5 Å². The van der Waals surface area contributed by atoms with Gasteiger partial charge in [-0.2, -0.15) is 0 Å². The summed E-state index contributed by atoms with van der Waals surface area (Å²) in [7, 11) is 2.02. The lowest BCUT2D eigenvalue weighted by Gasteiger charge is -2.10. The fourth-order valence-electron chi connectivity index (χ4n) is 2.50. The molecule has 1 N–H and O–H groups in total. The predicted octanol–water partition coefficient (Wildman–Crippen LogP) is 1.65. The van der Waals surface area contributed by atoms with Crippen molar-refractivity contribution in [3.05, 3.63) is 11.6 Å². The third-order valence-electron chi connectivity index (χ3n) is 3.70. The van der Waals surface area contributed by atoms with Gasteiger partial charge in [0.05, 0.1) is 6.54 Å². The zero-order valence-corrected chi connectivity index (χ0v) is 10.5. The Morgan fingerprint density at radius 3 is 2.75 bits per heavy atom. The van der Waals surface area contributed by atoms with Crippen LogP contribution in [0, 0.1) is 18.8 Å². The van der Waals surface area contributed by atoms with E-state index in [1.165, 1.54) is 19.3 Å². The minimum Gasteiger partial charge on any atom is -0.317 e. The summed E-state index contributed by atoms with van der Waals surface area (Å²) >= 11 is 0. The highest BCUT2D eigenvalue weighted by Crippen LogP contribution is 2.29. The second-order valence-corrected chi connectivity index (χ2v) is 5.14. The number of nitrogens with zero attached hydrogens (tertiary/aromatic N) is 3. The lowest BCUT2D eigenvalue weighted by atomic mass is 10.1. The Labute approximate surface area is 97.5 Å². The van der Waals surface area contributed by atoms with Gasteiger partial charge in [0.15, 0.2) is 0 Å². The fraction of sp³-hybridized carbons (Fsp3) is 0.833. The van der Waals surface area contributed by atoms with Gasteiger partial charge in [0.2, 0.25) is 0 Å². The van der Waals surface area contributed by atoms with Crippen LogP contribution in [0.25, 0.3) is 0 Å². The first kappa shape index (κ1) is 11.6. The highest BCUT2D eigenvalue weighted by Gasteiger charge is 2.20. The van der Waals surface area contributed by atoms with Gasteiger partial charge in [0.25, 0.3) is 0 Å². The number of aromatic nitrogens is 3. The van der Waals surface area contributed by atoms with Crippen LogP contribution in [-0.2, 0) is 13.6 Å². The molecule has 1 aliphatic rings. The van der Waals surface area contributed by atoms with E-state index >= 15 is 0 Å². The van der Waals surface area contributed by atoms with Gasteiger partial charge in [-0.05, 0) is 38.1 Å². The Hall–Kier alpha value is -0.900. The van der Waals surface area contributed by atoms with Crippen LogP contribution in [0.1, 0.15) is 37.8 Å². The molecule has 2 unspecified atom stereocenters. The molecule has 4 nitrogen and oxygen atoms in total. The van der Waals surface area contributed by atoms with E-state index in [0.29, 0.717) is 0 Å². The third-order valence-corrected chi connectivity index (χ3v) is 3.70. The van der Waals surface area contributed by atoms with Crippen molar-refractivity contribution < 1.29 is 0 Å². The molecular formula is C12H22N4. The standard InChI is InChI=1S/C12H22N4/c1-9-4-5-11(6-9)7-13-8-12-15-14-10(2)16(12)3/h9,11,13H,4-8H2,1-3H3. The number of rotatable bonds is 4. The van der Waals surface area contributed by atoms with Crippen molar-refractivity contribution in [3.8, 4) is 0 Å². The van der Waals surface area contributed by atoms with Crippen LogP contribution < -0.4 is 5.32 Å². The number of hydrogen-bond acceptors (Lipinski definition) is 3. The first-order valence-corrected chi connectivity index (χ1v) is 6.22. The Morgan fingerprint density at radius 1 is 1.38 bits per heavy atom. The van der Waals surface area contributed by atoms with Crippen LogP contribution in [0.3, 0.4) is 0 Å². The second-order valence-electron chi connectivity index (χ2n) is 5.14. The number of aryl methyl sites for hydroxylation is 1. The molecule has 1 saturated carbocycles. The molecule has 0 spiro atoms. The van der Waals surface area contributed by atoms with Crippen molar-refractivity contribution in [3.63, 3.8) is 0 Å². The van der Waals surface area contributed by atoms with Crippen molar-refractivity contribution in [1.29, 1.82) is 0 Å². The van der Waals surface area contributed by atoms with Gasteiger partial charge in [-0.25, -0.2) is 0 Å². The minimum atomic E-state index is 0.836. The van der Waals surface area contributed by atoms with Gasteiger partial charge in [0.1, 0.15) is 11.6 Å². The zero-order valence-electron chi connectivity index (χ0n) is 10.5. The number of hydrogen-bond donors (Lipinski definition) is 1. The van der Waals surface area contributed by atoms with Crippen molar-refractivity contribution in [1.82, 2.24) is 20.1 Å². The van der Waals surface area contributed by atoms with E-state index in [2.05, 4.69) is 22.4 Å². The maximum atomic E-state index is 4.14. The molecule has 0 aromatic carbocycles. The van der Waals surface area contributed by atoms with Crippen molar-refractivity contribution >= 4 is 0 Å². The molecule has 2 rings (SSSR count). The molecule has 0 bridgehead atoms. The normalized spacial score (nSPS) is 25.2. The molecule has 1 aromatic heterocycles. The van der Waals surface area contributed by atoms with Crippen LogP contribution in [0.15, 0.2) is 0 Å². The Kier molecular flexibility index (Phi) is 3.59. The summed E-state index contributed by atoms with van der Waals surface area (Å²) in [6, 6.07) is 0. The SMILES string of the molecule is Cc1nnc(CNCC2CCC(C)C2)n1C. The minimum absolute atomic E-state index is 0.836. The van der Waals surface area contributed by atoms with Gasteiger partial charge in [-0.15, -0.1) is 10.2 Å². The van der Waals surface area contributed by atoms with E-state index < -0.39 is 0 Å². The average Bonchev–Trinajstić information content (AvgIpc) is 2.79. The first-order chi connectivity index (χ1) is 7.66. The summed E-state index contributed by atoms with van der Waals surface area (Å²) < 4.78 is 2.05. The van der Waals surface area contributed by atoms with Gasteiger partial charge in [-0.3, -0.25) is 0 Å². The van der Waals surface area contributed by atoms with E-state index in [9.17, 15) is 0 Å². The molecule has 0 saturated heterocycles. The van der Waals surface area contributed by atoms with Crippen molar-refractivity contribution in [2.75, 3.05) is 6.54 Å². The largest absolute Gasteiger partial charge is 0.317 e. The molecule has 2 atom stereocenters. The van der Waals surface area contributed by atoms with Crippen LogP contribution in [0.2, 0.25) is 0 Å². The molecule has 1 heterocycles. The Balaban J connectivity index is 1.74. The molecule has 0 radical (unpaired) electrons. The molecule has 0 amide bonds. The predicted molar refractivity (Wildman–Crippen MR) is 64.0 cm³/mol. The smallest absolute Gasteiger partial charge is 0.146 e. The molecule has 0 aliphatic heterocycles. The summed E-state index contributed by atoms with van der Waals surface area (Å²) in [5.74, 6) is 3.79. The topological polar surface area (TPSA) is 42.7 Å². The molecule has 1 aromatic rings. The summed E-state index contributed by atoms with van der Waals surface area (Å²) in [6.07, 6.45) is 4.16. The summed E-state index contributed by atoms with van der Waals surface area (Å²) in [4.78, 5) is 0. The van der Waals surface area contributed by atoms with Crippen LogP contribution in [-0.4, -0.2) is 21.3 Å². The van der Waals surface area contributed by atoms with Crippen molar-refractivity contribution in [2.24, 2.45) is 18.9 Å². The molecular weight excluding hydrogens is 200 g/mol. The molecule has 1 aliphatic carbocycles. The average molecular weight is 222 g/mol. The zero-order chi connectivity index (χ0) is 11.5. The molecule has 90 valence electrons. The van der Waals surface area contributed by atoms with Crippen LogP contribution in [0.5, 0.6) is 0 Å². The van der Waals surface area contributed by atoms with E-state index in [4.69, 9.17) is 0 Å². The quantitative estimate of drug-likeness (QED) is 0.842. The maximum absolute atomic E-state index is 4.14. The molecule has 16 heavy (non-hydrogen) atoms.